The maximum Gasteiger partial charge on any atom is 0.303 e. The van der Waals surface area contributed by atoms with Crippen molar-refractivity contribution in [2.24, 2.45) is 0 Å². The van der Waals surface area contributed by atoms with Crippen LogP contribution in [0.1, 0.15) is 29.7 Å². The molecule has 1 rings (SSSR count). The van der Waals surface area contributed by atoms with Gasteiger partial charge in [0, 0.05) is 4.88 Å². The molecule has 0 aliphatic rings. The zero-order chi connectivity index (χ0) is 9.14. The number of rotatable bonds is 3. The summed E-state index contributed by atoms with van der Waals surface area (Å²) in [6, 6.07) is 2.01. The molecule has 1 unspecified atom stereocenters. The predicted molar refractivity (Wildman–Crippen MR) is 49.7 cm³/mol. The van der Waals surface area contributed by atoms with Gasteiger partial charge in [-0.15, -0.1) is 11.3 Å². The first-order valence-corrected chi connectivity index (χ1v) is 4.75. The zero-order valence-corrected chi connectivity index (χ0v) is 8.02. The van der Waals surface area contributed by atoms with Gasteiger partial charge in [0.15, 0.2) is 0 Å². The Morgan fingerprint density at radius 2 is 2.42 bits per heavy atom. The molecule has 0 saturated carbocycles. The molecule has 66 valence electrons. The summed E-state index contributed by atoms with van der Waals surface area (Å²) in [5.41, 5.74) is 1.17. The summed E-state index contributed by atoms with van der Waals surface area (Å²) in [7, 11) is 0. The molecule has 12 heavy (non-hydrogen) atoms. The molecule has 1 N–H and O–H groups in total. The molecular weight excluding hydrogens is 172 g/mol. The Hall–Kier alpha value is -0.830. The highest BCUT2D eigenvalue weighted by Gasteiger charge is 2.12. The molecule has 0 radical (unpaired) electrons. The van der Waals surface area contributed by atoms with Crippen molar-refractivity contribution in [3.05, 3.63) is 21.9 Å². The van der Waals surface area contributed by atoms with Gasteiger partial charge >= 0.3 is 5.97 Å². The lowest BCUT2D eigenvalue weighted by atomic mass is 9.99. The number of carbonyl (C=O) groups is 1. The van der Waals surface area contributed by atoms with Gasteiger partial charge in [0.25, 0.3) is 0 Å². The molecule has 0 aliphatic heterocycles. The quantitative estimate of drug-likeness (QED) is 0.784. The van der Waals surface area contributed by atoms with Crippen molar-refractivity contribution >= 4 is 17.3 Å². The summed E-state index contributed by atoms with van der Waals surface area (Å²) in [5.74, 6) is -0.596. The first kappa shape index (κ1) is 9.26. The van der Waals surface area contributed by atoms with Crippen LogP contribution >= 0.6 is 11.3 Å². The highest BCUT2D eigenvalue weighted by Crippen LogP contribution is 2.26. The monoisotopic (exact) mass is 184 g/mol. The second kappa shape index (κ2) is 3.72. The van der Waals surface area contributed by atoms with E-state index >= 15 is 0 Å². The van der Waals surface area contributed by atoms with Gasteiger partial charge in [0.2, 0.25) is 0 Å². The third-order valence-corrected chi connectivity index (χ3v) is 2.77. The van der Waals surface area contributed by atoms with Crippen LogP contribution in [0.25, 0.3) is 0 Å². The maximum absolute atomic E-state index is 10.4. The summed E-state index contributed by atoms with van der Waals surface area (Å²) >= 11 is 1.67. The minimum Gasteiger partial charge on any atom is -0.481 e. The minimum atomic E-state index is -0.729. The smallest absolute Gasteiger partial charge is 0.303 e. The van der Waals surface area contributed by atoms with E-state index in [0.29, 0.717) is 0 Å². The van der Waals surface area contributed by atoms with Crippen LogP contribution in [0, 0.1) is 6.92 Å². The normalized spacial score (nSPS) is 12.8. The van der Waals surface area contributed by atoms with Crippen LogP contribution in [0.3, 0.4) is 0 Å². The number of hydrogen-bond acceptors (Lipinski definition) is 2. The Bertz CT molecular complexity index is 278. The molecule has 0 aromatic carbocycles. The highest BCUT2D eigenvalue weighted by atomic mass is 32.1. The molecule has 0 fully saturated rings. The van der Waals surface area contributed by atoms with Crippen LogP contribution in [0.5, 0.6) is 0 Å². The Morgan fingerprint density at radius 3 is 2.83 bits per heavy atom. The van der Waals surface area contributed by atoms with E-state index in [0.717, 1.165) is 0 Å². The van der Waals surface area contributed by atoms with Crippen LogP contribution < -0.4 is 0 Å². The van der Waals surface area contributed by atoms with Crippen molar-refractivity contribution < 1.29 is 9.90 Å². The molecule has 0 saturated heterocycles. The lowest BCUT2D eigenvalue weighted by Crippen LogP contribution is -2.02. The highest BCUT2D eigenvalue weighted by molar-refractivity contribution is 7.10. The van der Waals surface area contributed by atoms with Gasteiger partial charge in [-0.25, -0.2) is 0 Å². The standard InChI is InChI=1S/C9H12O2S/c1-6(5-9(10)11)8-3-4-12-7(8)2/h3-4,6H,5H2,1-2H3,(H,10,11). The van der Waals surface area contributed by atoms with Gasteiger partial charge in [-0.3, -0.25) is 4.79 Å². The van der Waals surface area contributed by atoms with E-state index in [2.05, 4.69) is 0 Å². The van der Waals surface area contributed by atoms with Crippen LogP contribution in [0.15, 0.2) is 11.4 Å². The van der Waals surface area contributed by atoms with Crippen LogP contribution in [0.4, 0.5) is 0 Å². The molecule has 1 aromatic heterocycles. The van der Waals surface area contributed by atoms with Crippen molar-refractivity contribution in [2.75, 3.05) is 0 Å². The summed E-state index contributed by atoms with van der Waals surface area (Å²) in [6.07, 6.45) is 0.220. The SMILES string of the molecule is Cc1sccc1C(C)CC(=O)O. The molecule has 0 amide bonds. The van der Waals surface area contributed by atoms with Crippen molar-refractivity contribution in [2.45, 2.75) is 26.2 Å². The Labute approximate surface area is 75.9 Å². The lowest BCUT2D eigenvalue weighted by molar-refractivity contribution is -0.137. The second-order valence-corrected chi connectivity index (χ2v) is 4.05. The van der Waals surface area contributed by atoms with E-state index < -0.39 is 5.97 Å². The zero-order valence-electron chi connectivity index (χ0n) is 7.20. The molecule has 1 aromatic rings. The largest absolute Gasteiger partial charge is 0.481 e. The van der Waals surface area contributed by atoms with E-state index in [-0.39, 0.29) is 12.3 Å². The molecule has 0 spiro atoms. The summed E-state index contributed by atoms with van der Waals surface area (Å²) in [4.78, 5) is 11.6. The number of aryl methyl sites for hydroxylation is 1. The number of aliphatic carboxylic acids is 1. The van der Waals surface area contributed by atoms with E-state index in [9.17, 15) is 4.79 Å². The van der Waals surface area contributed by atoms with E-state index in [1.165, 1.54) is 10.4 Å². The van der Waals surface area contributed by atoms with E-state index in [1.807, 2.05) is 25.3 Å². The van der Waals surface area contributed by atoms with E-state index in [1.54, 1.807) is 11.3 Å². The molecule has 1 atom stereocenters. The number of carboxylic acids is 1. The van der Waals surface area contributed by atoms with Gasteiger partial charge in [-0.1, -0.05) is 6.92 Å². The van der Waals surface area contributed by atoms with Crippen molar-refractivity contribution in [1.29, 1.82) is 0 Å². The summed E-state index contributed by atoms with van der Waals surface area (Å²) in [6.45, 7) is 3.97. The maximum atomic E-state index is 10.4. The number of carboxylic acid groups (broad SMARTS) is 1. The number of thiophene rings is 1. The average Bonchev–Trinajstić information content (AvgIpc) is 2.33. The Morgan fingerprint density at radius 1 is 1.75 bits per heavy atom. The van der Waals surface area contributed by atoms with Crippen molar-refractivity contribution in [1.82, 2.24) is 0 Å². The van der Waals surface area contributed by atoms with E-state index in [4.69, 9.17) is 5.11 Å². The molecule has 3 heteroatoms. The summed E-state index contributed by atoms with van der Waals surface area (Å²) in [5, 5.41) is 10.6. The van der Waals surface area contributed by atoms with Crippen molar-refractivity contribution in [3.8, 4) is 0 Å². The fraction of sp³-hybridized carbons (Fsp3) is 0.444. The second-order valence-electron chi connectivity index (χ2n) is 2.93. The van der Waals surface area contributed by atoms with Gasteiger partial charge in [-0.2, -0.15) is 0 Å². The lowest BCUT2D eigenvalue weighted by Gasteiger charge is -2.07. The summed E-state index contributed by atoms with van der Waals surface area (Å²) < 4.78 is 0. The van der Waals surface area contributed by atoms with Gasteiger partial charge in [0.1, 0.15) is 0 Å². The third-order valence-electron chi connectivity index (χ3n) is 1.91. The number of hydrogen-bond donors (Lipinski definition) is 1. The van der Waals surface area contributed by atoms with Gasteiger partial charge in [0.05, 0.1) is 6.42 Å². The fourth-order valence-corrected chi connectivity index (χ4v) is 2.10. The Kier molecular flexibility index (Phi) is 2.87. The molecule has 0 bridgehead atoms. The fourth-order valence-electron chi connectivity index (χ4n) is 1.28. The van der Waals surface area contributed by atoms with Gasteiger partial charge < -0.3 is 5.11 Å². The predicted octanol–water partition coefficient (Wildman–Crippen LogP) is 2.63. The van der Waals surface area contributed by atoms with Gasteiger partial charge in [-0.05, 0) is 29.9 Å². The molecule has 2 nitrogen and oxygen atoms in total. The van der Waals surface area contributed by atoms with Crippen molar-refractivity contribution in [3.63, 3.8) is 0 Å². The molecule has 0 aliphatic carbocycles. The first-order valence-electron chi connectivity index (χ1n) is 3.87. The minimum absolute atomic E-state index is 0.133. The van der Waals surface area contributed by atoms with Crippen LogP contribution in [-0.4, -0.2) is 11.1 Å². The Balaban J connectivity index is 2.71. The first-order chi connectivity index (χ1) is 5.61. The molecule has 1 heterocycles. The average molecular weight is 184 g/mol. The molecular formula is C9H12O2S. The topological polar surface area (TPSA) is 37.3 Å². The van der Waals surface area contributed by atoms with Crippen LogP contribution in [0.2, 0.25) is 0 Å². The van der Waals surface area contributed by atoms with Crippen LogP contribution in [-0.2, 0) is 4.79 Å². The third kappa shape index (κ3) is 2.08.